The summed E-state index contributed by atoms with van der Waals surface area (Å²) in [5.74, 6) is 0.896. The predicted octanol–water partition coefficient (Wildman–Crippen LogP) is 5.79. The summed E-state index contributed by atoms with van der Waals surface area (Å²) in [6.45, 7) is 2.42. The highest BCUT2D eigenvalue weighted by Gasteiger charge is 2.33. The van der Waals surface area contributed by atoms with E-state index in [-0.39, 0.29) is 11.9 Å². The Hall–Kier alpha value is -3.18. The van der Waals surface area contributed by atoms with Crippen molar-refractivity contribution < 1.29 is 9.53 Å². The molecular weight excluding hydrogens is 422 g/mol. The van der Waals surface area contributed by atoms with Gasteiger partial charge in [0.2, 0.25) is 0 Å². The van der Waals surface area contributed by atoms with Crippen LogP contribution in [-0.2, 0) is 4.79 Å². The number of rotatable bonds is 5. The van der Waals surface area contributed by atoms with Gasteiger partial charge in [-0.2, -0.15) is 5.10 Å². The maximum absolute atomic E-state index is 13.6. The third kappa shape index (κ3) is 5.00. The van der Waals surface area contributed by atoms with E-state index in [0.717, 1.165) is 35.7 Å². The third-order valence-corrected chi connectivity index (χ3v) is 7.06. The van der Waals surface area contributed by atoms with Gasteiger partial charge in [-0.3, -0.25) is 9.69 Å². The van der Waals surface area contributed by atoms with Crippen LogP contribution < -0.4 is 4.74 Å². The van der Waals surface area contributed by atoms with Crippen LogP contribution in [0.5, 0.6) is 5.75 Å². The summed E-state index contributed by atoms with van der Waals surface area (Å²) in [5.41, 5.74) is 3.13. The van der Waals surface area contributed by atoms with Crippen molar-refractivity contribution in [2.24, 2.45) is 5.10 Å². The molecule has 1 saturated heterocycles. The SMILES string of the molecule is COc1ccc([C@@H]2CC(c3ccc4ccccc4c3)=NN2C(=O)CN2CCCCCCC2)cc1. The normalized spacial score (nSPS) is 19.5. The van der Waals surface area contributed by atoms with Crippen LogP contribution >= 0.6 is 0 Å². The first-order valence-corrected chi connectivity index (χ1v) is 12.5. The first-order chi connectivity index (χ1) is 16.7. The molecule has 0 N–H and O–H groups in total. The molecule has 2 aliphatic rings. The van der Waals surface area contributed by atoms with E-state index in [1.54, 1.807) is 12.1 Å². The first kappa shape index (κ1) is 22.6. The van der Waals surface area contributed by atoms with Gasteiger partial charge in [-0.05, 0) is 66.0 Å². The molecule has 1 fully saturated rings. The van der Waals surface area contributed by atoms with Gasteiger partial charge >= 0.3 is 0 Å². The van der Waals surface area contributed by atoms with Crippen LogP contribution in [0.3, 0.4) is 0 Å². The molecule has 0 aliphatic carbocycles. The van der Waals surface area contributed by atoms with Crippen LogP contribution in [0.15, 0.2) is 71.8 Å². The fourth-order valence-electron chi connectivity index (χ4n) is 5.10. The fraction of sp³-hybridized carbons (Fsp3) is 0.379. The number of amides is 1. The smallest absolute Gasteiger partial charge is 0.257 e. The molecule has 2 aliphatic heterocycles. The zero-order valence-corrected chi connectivity index (χ0v) is 20.0. The first-order valence-electron chi connectivity index (χ1n) is 12.5. The van der Waals surface area contributed by atoms with Crippen molar-refractivity contribution in [2.75, 3.05) is 26.7 Å². The molecular formula is C29H33N3O2. The molecule has 5 heteroatoms. The quantitative estimate of drug-likeness (QED) is 0.489. The van der Waals surface area contributed by atoms with Crippen LogP contribution in [0.1, 0.15) is 55.7 Å². The van der Waals surface area contributed by atoms with Crippen LogP contribution in [0.2, 0.25) is 0 Å². The molecule has 1 amide bonds. The van der Waals surface area contributed by atoms with Gasteiger partial charge in [0.1, 0.15) is 5.75 Å². The molecule has 3 aromatic rings. The summed E-state index contributed by atoms with van der Waals surface area (Å²) in [7, 11) is 1.67. The molecule has 5 rings (SSSR count). The number of fused-ring (bicyclic) bond motifs is 1. The number of benzene rings is 3. The monoisotopic (exact) mass is 455 g/mol. The minimum absolute atomic E-state index is 0.0807. The Labute approximate surface area is 202 Å². The second-order valence-corrected chi connectivity index (χ2v) is 9.38. The van der Waals surface area contributed by atoms with Crippen molar-refractivity contribution >= 4 is 22.4 Å². The Morgan fingerprint density at radius 3 is 2.35 bits per heavy atom. The van der Waals surface area contributed by atoms with Crippen LogP contribution in [-0.4, -0.2) is 48.3 Å². The van der Waals surface area contributed by atoms with Gasteiger partial charge in [0.05, 0.1) is 25.4 Å². The van der Waals surface area contributed by atoms with Crippen molar-refractivity contribution in [3.63, 3.8) is 0 Å². The van der Waals surface area contributed by atoms with E-state index in [4.69, 9.17) is 9.84 Å². The van der Waals surface area contributed by atoms with E-state index >= 15 is 0 Å². The Balaban J connectivity index is 1.42. The second-order valence-electron chi connectivity index (χ2n) is 9.38. The average molecular weight is 456 g/mol. The zero-order valence-electron chi connectivity index (χ0n) is 20.0. The number of hydrazone groups is 1. The summed E-state index contributed by atoms with van der Waals surface area (Å²) in [4.78, 5) is 15.9. The third-order valence-electron chi connectivity index (χ3n) is 7.06. The maximum atomic E-state index is 13.6. The largest absolute Gasteiger partial charge is 0.497 e. The van der Waals surface area contributed by atoms with Gasteiger partial charge in [0.15, 0.2) is 0 Å². The molecule has 3 aromatic carbocycles. The van der Waals surface area contributed by atoms with Gasteiger partial charge in [-0.25, -0.2) is 5.01 Å². The number of hydrogen-bond donors (Lipinski definition) is 0. The molecule has 0 aromatic heterocycles. The summed E-state index contributed by atoms with van der Waals surface area (Å²) in [6, 6.07) is 22.7. The van der Waals surface area contributed by atoms with Crippen molar-refractivity contribution in [2.45, 2.75) is 44.6 Å². The van der Waals surface area contributed by atoms with Gasteiger partial charge in [-0.1, -0.05) is 67.8 Å². The topological polar surface area (TPSA) is 45.1 Å². The number of hydrogen-bond acceptors (Lipinski definition) is 4. The lowest BCUT2D eigenvalue weighted by Gasteiger charge is -2.28. The summed E-state index contributed by atoms with van der Waals surface area (Å²) >= 11 is 0. The van der Waals surface area contributed by atoms with Gasteiger partial charge in [-0.15, -0.1) is 0 Å². The molecule has 5 nitrogen and oxygen atoms in total. The Morgan fingerprint density at radius 2 is 1.62 bits per heavy atom. The van der Waals surface area contributed by atoms with Gasteiger partial charge in [0, 0.05) is 6.42 Å². The molecule has 0 bridgehead atoms. The van der Waals surface area contributed by atoms with E-state index in [1.165, 1.54) is 42.9 Å². The molecule has 34 heavy (non-hydrogen) atoms. The predicted molar refractivity (Wildman–Crippen MR) is 137 cm³/mol. The lowest BCUT2D eigenvalue weighted by atomic mass is 9.97. The minimum Gasteiger partial charge on any atom is -0.497 e. The molecule has 0 saturated carbocycles. The van der Waals surface area contributed by atoms with Gasteiger partial charge < -0.3 is 4.74 Å². The van der Waals surface area contributed by atoms with Crippen LogP contribution in [0.4, 0.5) is 0 Å². The number of likely N-dealkylation sites (tertiary alicyclic amines) is 1. The van der Waals surface area contributed by atoms with Crippen molar-refractivity contribution in [3.05, 3.63) is 77.9 Å². The van der Waals surface area contributed by atoms with E-state index < -0.39 is 0 Å². The molecule has 1 atom stereocenters. The number of methoxy groups -OCH3 is 1. The van der Waals surface area contributed by atoms with E-state index in [9.17, 15) is 4.79 Å². The minimum atomic E-state index is -0.102. The summed E-state index contributed by atoms with van der Waals surface area (Å²) in [6.07, 6.45) is 6.87. The van der Waals surface area contributed by atoms with E-state index in [0.29, 0.717) is 13.0 Å². The molecule has 0 spiro atoms. The highest BCUT2D eigenvalue weighted by atomic mass is 16.5. The van der Waals surface area contributed by atoms with Gasteiger partial charge in [0.25, 0.3) is 5.91 Å². The van der Waals surface area contributed by atoms with Crippen molar-refractivity contribution in [3.8, 4) is 5.75 Å². The number of nitrogens with zero attached hydrogens (tertiary/aromatic N) is 3. The molecule has 0 radical (unpaired) electrons. The zero-order chi connectivity index (χ0) is 23.3. The molecule has 0 unspecified atom stereocenters. The summed E-state index contributed by atoms with van der Waals surface area (Å²) in [5, 5.41) is 9.06. The van der Waals surface area contributed by atoms with Crippen molar-refractivity contribution in [1.82, 2.24) is 9.91 Å². The molecule has 176 valence electrons. The highest BCUT2D eigenvalue weighted by Crippen LogP contribution is 2.34. The Bertz CT molecular complexity index is 1160. The summed E-state index contributed by atoms with van der Waals surface area (Å²) < 4.78 is 5.34. The molecule has 2 heterocycles. The Morgan fingerprint density at radius 1 is 0.912 bits per heavy atom. The number of carbonyl (C=O) groups excluding carboxylic acids is 1. The van der Waals surface area contributed by atoms with Crippen molar-refractivity contribution in [1.29, 1.82) is 0 Å². The van der Waals surface area contributed by atoms with E-state index in [2.05, 4.69) is 59.5 Å². The lowest BCUT2D eigenvalue weighted by molar-refractivity contribution is -0.134. The van der Waals surface area contributed by atoms with Crippen LogP contribution in [0.25, 0.3) is 10.8 Å². The number of carbonyl (C=O) groups is 1. The number of ether oxygens (including phenoxy) is 1. The van der Waals surface area contributed by atoms with Crippen LogP contribution in [0, 0.1) is 0 Å². The lowest BCUT2D eigenvalue weighted by Crippen LogP contribution is -2.39. The van der Waals surface area contributed by atoms with E-state index in [1.807, 2.05) is 12.1 Å². The standard InChI is InChI=1S/C29H33N3O2/c1-34-26-15-13-23(14-16-26)28-20-27(25-12-11-22-9-5-6-10-24(22)19-25)30-32(28)29(33)21-31-17-7-3-2-4-8-18-31/h5-6,9-16,19,28H,2-4,7-8,17-18,20-21H2,1H3/t28-/m0/s1. The highest BCUT2D eigenvalue weighted by molar-refractivity contribution is 6.05. The fourth-order valence-corrected chi connectivity index (χ4v) is 5.10. The average Bonchev–Trinajstić information content (AvgIpc) is 3.31. The second kappa shape index (κ2) is 10.4. The maximum Gasteiger partial charge on any atom is 0.257 e. The Kier molecular flexibility index (Phi) is 6.91.